The highest BCUT2D eigenvalue weighted by Crippen LogP contribution is 2.06. The normalized spacial score (nSPS) is 11.1. The molecule has 0 saturated carbocycles. The maximum atomic E-state index is 12.1. The standard InChI is InChI=1S/C19H23N3O2.ClH/c1-21-18(23)16-9-5-8-15(12-16)10-11-22-19(24)17(20)13-14-6-3-2-4-7-14;/h2-9,12,17H,10-11,13,20H2,1H3,(H,21,23)(H,22,24);1H/t17-;/m0./s1. The fourth-order valence-electron chi connectivity index (χ4n) is 2.43. The van der Waals surface area contributed by atoms with Crippen LogP contribution in [0.5, 0.6) is 0 Å². The number of hydrogen-bond acceptors (Lipinski definition) is 3. The molecule has 5 nitrogen and oxygen atoms in total. The van der Waals surface area contributed by atoms with Crippen molar-refractivity contribution in [2.45, 2.75) is 18.9 Å². The minimum absolute atomic E-state index is 0. The predicted octanol–water partition coefficient (Wildman–Crippen LogP) is 1.70. The summed E-state index contributed by atoms with van der Waals surface area (Å²) in [6.07, 6.45) is 1.16. The zero-order valence-electron chi connectivity index (χ0n) is 14.2. The van der Waals surface area contributed by atoms with Crippen molar-refractivity contribution < 1.29 is 9.59 Å². The summed E-state index contributed by atoms with van der Waals surface area (Å²) >= 11 is 0. The van der Waals surface area contributed by atoms with E-state index in [2.05, 4.69) is 10.6 Å². The minimum Gasteiger partial charge on any atom is -0.355 e. The fraction of sp³-hybridized carbons (Fsp3) is 0.263. The quantitative estimate of drug-likeness (QED) is 0.701. The molecule has 2 aromatic carbocycles. The van der Waals surface area contributed by atoms with Crippen LogP contribution < -0.4 is 16.4 Å². The van der Waals surface area contributed by atoms with Crippen LogP contribution in [0.1, 0.15) is 21.5 Å². The third kappa shape index (κ3) is 6.57. The lowest BCUT2D eigenvalue weighted by atomic mass is 10.1. The van der Waals surface area contributed by atoms with Crippen molar-refractivity contribution in [3.8, 4) is 0 Å². The van der Waals surface area contributed by atoms with Gasteiger partial charge in [0.05, 0.1) is 6.04 Å². The third-order valence-electron chi connectivity index (χ3n) is 3.76. The molecule has 1 atom stereocenters. The van der Waals surface area contributed by atoms with Crippen molar-refractivity contribution in [3.05, 3.63) is 71.3 Å². The number of benzene rings is 2. The van der Waals surface area contributed by atoms with E-state index in [0.29, 0.717) is 24.9 Å². The minimum atomic E-state index is -0.565. The first kappa shape index (κ1) is 20.7. The van der Waals surface area contributed by atoms with E-state index < -0.39 is 6.04 Å². The number of carbonyl (C=O) groups is 2. The van der Waals surface area contributed by atoms with Crippen molar-refractivity contribution in [2.24, 2.45) is 5.73 Å². The SMILES string of the molecule is CNC(=O)c1cccc(CCNC(=O)[C@@H](N)Cc2ccccc2)c1.Cl. The van der Waals surface area contributed by atoms with Crippen LogP contribution in [0.3, 0.4) is 0 Å². The number of amides is 2. The molecule has 0 aliphatic carbocycles. The Kier molecular flexibility index (Phi) is 8.67. The molecule has 0 bridgehead atoms. The second kappa shape index (κ2) is 10.5. The smallest absolute Gasteiger partial charge is 0.251 e. The molecule has 0 spiro atoms. The Balaban J connectivity index is 0.00000312. The molecule has 2 amide bonds. The molecule has 0 unspecified atom stereocenters. The molecule has 0 aromatic heterocycles. The monoisotopic (exact) mass is 361 g/mol. The van der Waals surface area contributed by atoms with Crippen molar-refractivity contribution in [2.75, 3.05) is 13.6 Å². The van der Waals surface area contributed by atoms with Crippen LogP contribution in [0.4, 0.5) is 0 Å². The van der Waals surface area contributed by atoms with Gasteiger partial charge in [-0.1, -0.05) is 42.5 Å². The van der Waals surface area contributed by atoms with Crippen LogP contribution in [-0.4, -0.2) is 31.4 Å². The Morgan fingerprint density at radius 1 is 1.04 bits per heavy atom. The molecule has 0 radical (unpaired) electrons. The van der Waals surface area contributed by atoms with E-state index in [4.69, 9.17) is 5.73 Å². The van der Waals surface area contributed by atoms with Crippen LogP contribution in [0.2, 0.25) is 0 Å². The number of halogens is 1. The highest BCUT2D eigenvalue weighted by Gasteiger charge is 2.13. The zero-order valence-corrected chi connectivity index (χ0v) is 15.0. The van der Waals surface area contributed by atoms with E-state index in [0.717, 1.165) is 11.1 Å². The highest BCUT2D eigenvalue weighted by molar-refractivity contribution is 5.94. The highest BCUT2D eigenvalue weighted by atomic mass is 35.5. The molecular formula is C19H24ClN3O2. The number of nitrogens with two attached hydrogens (primary N) is 1. The van der Waals surface area contributed by atoms with Gasteiger partial charge in [-0.3, -0.25) is 9.59 Å². The molecular weight excluding hydrogens is 338 g/mol. The van der Waals surface area contributed by atoms with Crippen molar-refractivity contribution >= 4 is 24.2 Å². The Labute approximate surface area is 154 Å². The van der Waals surface area contributed by atoms with Gasteiger partial charge >= 0.3 is 0 Å². The molecule has 25 heavy (non-hydrogen) atoms. The number of nitrogens with one attached hydrogen (secondary N) is 2. The first-order valence-electron chi connectivity index (χ1n) is 7.98. The summed E-state index contributed by atoms with van der Waals surface area (Å²) in [4.78, 5) is 23.7. The Morgan fingerprint density at radius 2 is 1.72 bits per heavy atom. The van der Waals surface area contributed by atoms with E-state index in [-0.39, 0.29) is 24.2 Å². The predicted molar refractivity (Wildman–Crippen MR) is 102 cm³/mol. The second-order valence-corrected chi connectivity index (χ2v) is 5.62. The van der Waals surface area contributed by atoms with E-state index in [1.165, 1.54) is 0 Å². The van der Waals surface area contributed by atoms with Crippen LogP contribution in [0, 0.1) is 0 Å². The fourth-order valence-corrected chi connectivity index (χ4v) is 2.43. The maximum Gasteiger partial charge on any atom is 0.251 e. The zero-order chi connectivity index (χ0) is 17.4. The van der Waals surface area contributed by atoms with Crippen LogP contribution in [0.25, 0.3) is 0 Å². The lowest BCUT2D eigenvalue weighted by molar-refractivity contribution is -0.122. The summed E-state index contributed by atoms with van der Waals surface area (Å²) in [5, 5.41) is 5.45. The summed E-state index contributed by atoms with van der Waals surface area (Å²) < 4.78 is 0. The van der Waals surface area contributed by atoms with Gasteiger partial charge in [-0.15, -0.1) is 12.4 Å². The summed E-state index contributed by atoms with van der Waals surface area (Å²) in [5.74, 6) is -0.285. The van der Waals surface area contributed by atoms with Crippen molar-refractivity contribution in [1.82, 2.24) is 10.6 Å². The van der Waals surface area contributed by atoms with Gasteiger partial charge in [-0.25, -0.2) is 0 Å². The molecule has 0 aliphatic rings. The van der Waals surface area contributed by atoms with Crippen LogP contribution >= 0.6 is 12.4 Å². The largest absolute Gasteiger partial charge is 0.355 e. The number of hydrogen-bond donors (Lipinski definition) is 3. The second-order valence-electron chi connectivity index (χ2n) is 5.62. The molecule has 4 N–H and O–H groups in total. The van der Waals surface area contributed by atoms with Gasteiger partial charge < -0.3 is 16.4 Å². The molecule has 0 aliphatic heterocycles. The summed E-state index contributed by atoms with van der Waals surface area (Å²) in [6, 6.07) is 16.5. The molecule has 6 heteroatoms. The van der Waals surface area contributed by atoms with Gasteiger partial charge in [0.15, 0.2) is 0 Å². The van der Waals surface area contributed by atoms with Crippen LogP contribution in [0.15, 0.2) is 54.6 Å². The topological polar surface area (TPSA) is 84.2 Å². The molecule has 0 saturated heterocycles. The maximum absolute atomic E-state index is 12.1. The first-order valence-corrected chi connectivity index (χ1v) is 7.98. The lowest BCUT2D eigenvalue weighted by Gasteiger charge is -2.12. The summed E-state index contributed by atoms with van der Waals surface area (Å²) in [7, 11) is 1.60. The third-order valence-corrected chi connectivity index (χ3v) is 3.76. The molecule has 2 aromatic rings. The van der Waals surface area contributed by atoms with Crippen LogP contribution in [-0.2, 0) is 17.6 Å². The summed E-state index contributed by atoms with van der Waals surface area (Å²) in [6.45, 7) is 0.485. The molecule has 0 heterocycles. The molecule has 2 rings (SSSR count). The van der Waals surface area contributed by atoms with Gasteiger partial charge in [0.1, 0.15) is 0 Å². The van der Waals surface area contributed by atoms with E-state index in [1.54, 1.807) is 13.1 Å². The van der Waals surface area contributed by atoms with Gasteiger partial charge in [0, 0.05) is 19.2 Å². The first-order chi connectivity index (χ1) is 11.6. The average Bonchev–Trinajstić information content (AvgIpc) is 2.62. The Hall–Kier alpha value is -2.37. The molecule has 0 fully saturated rings. The van der Waals surface area contributed by atoms with Gasteiger partial charge in [0.2, 0.25) is 5.91 Å². The van der Waals surface area contributed by atoms with E-state index in [1.807, 2.05) is 48.5 Å². The average molecular weight is 362 g/mol. The number of rotatable bonds is 7. The van der Waals surface area contributed by atoms with E-state index >= 15 is 0 Å². The number of carbonyl (C=O) groups excluding carboxylic acids is 2. The lowest BCUT2D eigenvalue weighted by Crippen LogP contribution is -2.42. The molecule has 134 valence electrons. The van der Waals surface area contributed by atoms with Gasteiger partial charge in [-0.05, 0) is 36.1 Å². The van der Waals surface area contributed by atoms with Crippen molar-refractivity contribution in [3.63, 3.8) is 0 Å². The van der Waals surface area contributed by atoms with Gasteiger partial charge in [-0.2, -0.15) is 0 Å². The van der Waals surface area contributed by atoms with E-state index in [9.17, 15) is 9.59 Å². The van der Waals surface area contributed by atoms with Gasteiger partial charge in [0.25, 0.3) is 5.91 Å². The Bertz CT molecular complexity index is 692. The van der Waals surface area contributed by atoms with Crippen molar-refractivity contribution in [1.29, 1.82) is 0 Å². The Morgan fingerprint density at radius 3 is 2.40 bits per heavy atom. The summed E-state index contributed by atoms with van der Waals surface area (Å²) in [5.41, 5.74) is 8.59.